The van der Waals surface area contributed by atoms with Gasteiger partial charge in [-0.15, -0.1) is 0 Å². The Morgan fingerprint density at radius 1 is 1.11 bits per heavy atom. The number of aliphatic hydroxyl groups is 1. The lowest BCUT2D eigenvalue weighted by atomic mass is 10.0. The third-order valence-electron chi connectivity index (χ3n) is 6.47. The molecule has 0 bridgehead atoms. The largest absolute Gasteiger partial charge is 0.462 e. The van der Waals surface area contributed by atoms with E-state index >= 15 is 0 Å². The first-order valence-electron chi connectivity index (χ1n) is 12.8. The van der Waals surface area contributed by atoms with Crippen molar-refractivity contribution in [3.63, 3.8) is 0 Å². The quantitative estimate of drug-likeness (QED) is 0.300. The maximum atomic E-state index is 13.8. The van der Waals surface area contributed by atoms with E-state index in [9.17, 15) is 14.3 Å². The van der Waals surface area contributed by atoms with Gasteiger partial charge in [0.05, 0.1) is 29.6 Å². The number of carbonyl (C=O) groups is 1. The Labute approximate surface area is 220 Å². The lowest BCUT2D eigenvalue weighted by molar-refractivity contribution is -0.160. The van der Waals surface area contributed by atoms with Crippen molar-refractivity contribution >= 4 is 17.6 Å². The van der Waals surface area contributed by atoms with Crippen LogP contribution in [0.4, 0.5) is 16.0 Å². The van der Waals surface area contributed by atoms with Crippen molar-refractivity contribution in [2.45, 2.75) is 57.8 Å². The minimum Gasteiger partial charge on any atom is -0.462 e. The maximum absolute atomic E-state index is 13.8. The van der Waals surface area contributed by atoms with Crippen molar-refractivity contribution in [1.82, 2.24) is 19.5 Å². The van der Waals surface area contributed by atoms with Crippen LogP contribution in [0.5, 0.6) is 0 Å². The molecule has 2 aromatic heterocycles. The lowest BCUT2D eigenvalue weighted by Gasteiger charge is -2.26. The summed E-state index contributed by atoms with van der Waals surface area (Å²) in [4.78, 5) is 26.1. The molecule has 3 heterocycles. The summed E-state index contributed by atoms with van der Waals surface area (Å²) in [6, 6.07) is 17.7. The summed E-state index contributed by atoms with van der Waals surface area (Å²) in [6.07, 6.45) is 1.53. The molecule has 0 radical (unpaired) electrons. The van der Waals surface area contributed by atoms with Crippen LogP contribution < -0.4 is 5.32 Å². The van der Waals surface area contributed by atoms with E-state index in [4.69, 9.17) is 14.7 Å². The Balaban J connectivity index is 1.58. The zero-order chi connectivity index (χ0) is 26.6. The van der Waals surface area contributed by atoms with Crippen molar-refractivity contribution in [3.8, 4) is 22.6 Å². The number of benzene rings is 2. The molecular weight excluding hydrogens is 485 g/mol. The molecule has 0 unspecified atom stereocenters. The predicted octanol–water partition coefficient (Wildman–Crippen LogP) is 5.47. The van der Waals surface area contributed by atoms with Gasteiger partial charge in [-0.25, -0.2) is 19.3 Å². The molecule has 2 aromatic carbocycles. The van der Waals surface area contributed by atoms with Gasteiger partial charge in [-0.1, -0.05) is 32.0 Å². The molecule has 1 saturated heterocycles. The maximum Gasteiger partial charge on any atom is 0.308 e. The van der Waals surface area contributed by atoms with Crippen molar-refractivity contribution < 1.29 is 19.0 Å². The number of anilines is 2. The van der Waals surface area contributed by atoms with E-state index in [2.05, 4.69) is 28.7 Å². The monoisotopic (exact) mass is 515 g/mol. The number of cyclic esters (lactones) is 1. The number of nitrogens with one attached hydrogen (secondary N) is 1. The van der Waals surface area contributed by atoms with Gasteiger partial charge >= 0.3 is 5.97 Å². The molecule has 4 aromatic rings. The highest BCUT2D eigenvalue weighted by Crippen LogP contribution is 2.35. The second kappa shape index (κ2) is 11.1. The van der Waals surface area contributed by atoms with E-state index in [0.29, 0.717) is 36.7 Å². The highest BCUT2D eigenvalue weighted by molar-refractivity contribution is 5.78. The van der Waals surface area contributed by atoms with Crippen LogP contribution in [0.3, 0.4) is 0 Å². The van der Waals surface area contributed by atoms with Crippen molar-refractivity contribution in [1.29, 1.82) is 0 Å². The minimum absolute atomic E-state index is 0.0247. The number of nitrogens with zero attached hydrogens (tertiary/aromatic N) is 4. The highest BCUT2D eigenvalue weighted by atomic mass is 19.1. The molecule has 1 aliphatic heterocycles. The summed E-state index contributed by atoms with van der Waals surface area (Å²) >= 11 is 0. The summed E-state index contributed by atoms with van der Waals surface area (Å²) in [5, 5.41) is 13.3. The van der Waals surface area contributed by atoms with Gasteiger partial charge in [0.1, 0.15) is 17.7 Å². The van der Waals surface area contributed by atoms with Crippen molar-refractivity contribution in [3.05, 3.63) is 78.5 Å². The Morgan fingerprint density at radius 3 is 2.58 bits per heavy atom. The standard InChI is InChI=1S/C29H30FN5O3/c1-18(2)28-34-26(19-8-10-20(30)11-9-19)27(35(28)15-13-23-16-22(36)17-25(37)38-23)24-12-14-31-29(33-24)32-21-6-4-3-5-7-21/h3-12,14,18,22-23,36H,13,15-17H2,1-2H3,(H,31,32,33)/t22-,23-/m1/s1. The molecule has 38 heavy (non-hydrogen) atoms. The van der Waals surface area contributed by atoms with Crippen LogP contribution in [0.1, 0.15) is 44.9 Å². The van der Waals surface area contributed by atoms with Gasteiger partial charge in [-0.05, 0) is 42.5 Å². The zero-order valence-corrected chi connectivity index (χ0v) is 21.3. The minimum atomic E-state index is -0.698. The number of rotatable bonds is 8. The number of esters is 1. The first kappa shape index (κ1) is 25.5. The van der Waals surface area contributed by atoms with Crippen LogP contribution in [0.15, 0.2) is 66.9 Å². The van der Waals surface area contributed by atoms with Gasteiger partial charge in [-0.3, -0.25) is 4.79 Å². The molecule has 0 saturated carbocycles. The molecule has 2 atom stereocenters. The number of hydrogen-bond acceptors (Lipinski definition) is 7. The molecule has 0 spiro atoms. The average molecular weight is 516 g/mol. The fourth-order valence-electron chi connectivity index (χ4n) is 4.72. The van der Waals surface area contributed by atoms with Gasteiger partial charge in [0.25, 0.3) is 0 Å². The second-order valence-electron chi connectivity index (χ2n) is 9.73. The fourth-order valence-corrected chi connectivity index (χ4v) is 4.72. The summed E-state index contributed by atoms with van der Waals surface area (Å²) in [6.45, 7) is 4.61. The number of imidazole rings is 1. The molecule has 1 fully saturated rings. The van der Waals surface area contributed by atoms with Crippen LogP contribution >= 0.6 is 0 Å². The molecule has 8 nitrogen and oxygen atoms in total. The number of ether oxygens (including phenoxy) is 1. The van der Waals surface area contributed by atoms with E-state index in [1.165, 1.54) is 12.1 Å². The van der Waals surface area contributed by atoms with Gasteiger partial charge < -0.3 is 19.7 Å². The first-order chi connectivity index (χ1) is 18.4. The molecule has 5 rings (SSSR count). The molecule has 0 aliphatic carbocycles. The van der Waals surface area contributed by atoms with Crippen LogP contribution in [0, 0.1) is 5.82 Å². The van der Waals surface area contributed by atoms with E-state index in [1.807, 2.05) is 36.4 Å². The number of carbonyl (C=O) groups excluding carboxylic acids is 1. The Bertz CT molecular complexity index is 1410. The summed E-state index contributed by atoms with van der Waals surface area (Å²) in [5.41, 5.74) is 3.72. The number of hydrogen-bond donors (Lipinski definition) is 2. The SMILES string of the molecule is CC(C)c1nc(-c2ccc(F)cc2)c(-c2ccnc(Nc3ccccc3)n2)n1CC[C@@H]1C[C@@H](O)CC(=O)O1. The fraction of sp³-hybridized carbons (Fsp3) is 0.310. The van der Waals surface area contributed by atoms with Gasteiger partial charge in [0.2, 0.25) is 5.95 Å². The van der Waals surface area contributed by atoms with E-state index in [1.54, 1.807) is 18.3 Å². The van der Waals surface area contributed by atoms with E-state index in [-0.39, 0.29) is 24.1 Å². The van der Waals surface area contributed by atoms with E-state index < -0.39 is 12.2 Å². The molecular formula is C29H30FN5O3. The van der Waals surface area contributed by atoms with Crippen LogP contribution in [-0.2, 0) is 16.1 Å². The summed E-state index contributed by atoms with van der Waals surface area (Å²) < 4.78 is 21.4. The molecule has 0 amide bonds. The Hall–Kier alpha value is -4.11. The zero-order valence-electron chi connectivity index (χ0n) is 21.3. The third kappa shape index (κ3) is 5.73. The number of aromatic nitrogens is 4. The van der Waals surface area contributed by atoms with Crippen LogP contribution in [0.2, 0.25) is 0 Å². The van der Waals surface area contributed by atoms with E-state index in [0.717, 1.165) is 22.8 Å². The second-order valence-corrected chi connectivity index (χ2v) is 9.73. The van der Waals surface area contributed by atoms with Crippen LogP contribution in [-0.4, -0.2) is 42.8 Å². The van der Waals surface area contributed by atoms with Gasteiger partial charge in [0, 0.05) is 42.8 Å². The molecule has 2 N–H and O–H groups in total. The van der Waals surface area contributed by atoms with Gasteiger partial charge in [0.15, 0.2) is 0 Å². The predicted molar refractivity (Wildman–Crippen MR) is 142 cm³/mol. The normalized spacial score (nSPS) is 17.4. The Morgan fingerprint density at radius 2 is 1.87 bits per heavy atom. The number of halogens is 1. The topological polar surface area (TPSA) is 102 Å². The van der Waals surface area contributed by atoms with Gasteiger partial charge in [-0.2, -0.15) is 0 Å². The smallest absolute Gasteiger partial charge is 0.308 e. The lowest BCUT2D eigenvalue weighted by Crippen LogP contribution is -2.33. The van der Waals surface area contributed by atoms with Crippen LogP contribution in [0.25, 0.3) is 22.6 Å². The number of para-hydroxylation sites is 1. The first-order valence-corrected chi connectivity index (χ1v) is 12.8. The average Bonchev–Trinajstić information content (AvgIpc) is 3.28. The summed E-state index contributed by atoms with van der Waals surface area (Å²) in [7, 11) is 0. The highest BCUT2D eigenvalue weighted by Gasteiger charge is 2.29. The number of aliphatic hydroxyl groups excluding tert-OH is 1. The van der Waals surface area contributed by atoms with Crippen molar-refractivity contribution in [2.75, 3.05) is 5.32 Å². The third-order valence-corrected chi connectivity index (χ3v) is 6.47. The summed E-state index contributed by atoms with van der Waals surface area (Å²) in [5.74, 6) is 0.627. The van der Waals surface area contributed by atoms with Crippen molar-refractivity contribution in [2.24, 2.45) is 0 Å². The molecule has 1 aliphatic rings. The molecule has 196 valence electrons. The molecule has 9 heteroatoms. The Kier molecular flexibility index (Phi) is 7.46.